The van der Waals surface area contributed by atoms with Crippen LogP contribution in [0.25, 0.3) is 0 Å². The Hall–Kier alpha value is -3.10. The van der Waals surface area contributed by atoms with Gasteiger partial charge in [-0.05, 0) is 55.7 Å². The van der Waals surface area contributed by atoms with Crippen molar-refractivity contribution in [2.75, 3.05) is 11.9 Å². The van der Waals surface area contributed by atoms with Crippen molar-refractivity contribution in [2.24, 2.45) is 0 Å². The van der Waals surface area contributed by atoms with Gasteiger partial charge in [0.15, 0.2) is 5.82 Å². The number of rotatable bonds is 5. The number of urea groups is 1. The molecule has 0 radical (unpaired) electrons. The van der Waals surface area contributed by atoms with Crippen molar-refractivity contribution in [3.05, 3.63) is 75.3 Å². The Labute approximate surface area is 194 Å². The summed E-state index contributed by atoms with van der Waals surface area (Å²) >= 11 is 12.2. The van der Waals surface area contributed by atoms with Crippen molar-refractivity contribution in [3.63, 3.8) is 0 Å². The molecule has 3 aromatic rings. The number of amides is 2. The van der Waals surface area contributed by atoms with Crippen LogP contribution in [-0.2, 0) is 6.54 Å². The molecule has 1 aliphatic rings. The number of nitrogens with one attached hydrogen (secondary N) is 1. The summed E-state index contributed by atoms with van der Waals surface area (Å²) in [6, 6.07) is 11.1. The van der Waals surface area contributed by atoms with Gasteiger partial charge in [-0.25, -0.2) is 9.59 Å². The van der Waals surface area contributed by atoms with Crippen LogP contribution in [0.3, 0.4) is 0 Å². The molecule has 2 amide bonds. The molecule has 0 unspecified atom stereocenters. The van der Waals surface area contributed by atoms with Crippen LogP contribution in [0.1, 0.15) is 46.5 Å². The monoisotopic (exact) mass is 473 g/mol. The minimum Gasteiger partial charge on any atom is -0.478 e. The third-order valence-electron chi connectivity index (χ3n) is 5.48. The van der Waals surface area contributed by atoms with Crippen molar-refractivity contribution < 1.29 is 14.7 Å². The zero-order valence-corrected chi connectivity index (χ0v) is 18.8. The Morgan fingerprint density at radius 1 is 1.16 bits per heavy atom. The Kier molecular flexibility index (Phi) is 6.34. The first-order valence-corrected chi connectivity index (χ1v) is 10.8. The van der Waals surface area contributed by atoms with Gasteiger partial charge in [0.2, 0.25) is 0 Å². The molecule has 0 bridgehead atoms. The summed E-state index contributed by atoms with van der Waals surface area (Å²) in [5.41, 5.74) is 1.34. The van der Waals surface area contributed by atoms with Crippen molar-refractivity contribution in [1.29, 1.82) is 0 Å². The largest absolute Gasteiger partial charge is 0.478 e. The van der Waals surface area contributed by atoms with Gasteiger partial charge in [-0.15, -0.1) is 10.2 Å². The number of benzene rings is 2. The lowest BCUT2D eigenvalue weighted by atomic mass is 10.2. The maximum atomic E-state index is 13.1. The minimum atomic E-state index is -1.10. The molecule has 32 heavy (non-hydrogen) atoms. The van der Waals surface area contributed by atoms with E-state index in [9.17, 15) is 14.7 Å². The summed E-state index contributed by atoms with van der Waals surface area (Å²) in [4.78, 5) is 26.0. The van der Waals surface area contributed by atoms with Crippen LogP contribution in [0.5, 0.6) is 0 Å². The number of carboxylic acids is 1. The van der Waals surface area contributed by atoms with Gasteiger partial charge in [-0.2, -0.15) is 0 Å². The van der Waals surface area contributed by atoms with E-state index in [4.69, 9.17) is 23.2 Å². The summed E-state index contributed by atoms with van der Waals surface area (Å²) in [5.74, 6) is 0.358. The molecule has 4 rings (SSSR count). The number of aromatic nitrogens is 3. The average Bonchev–Trinajstić information content (AvgIpc) is 3.38. The molecule has 2 heterocycles. The van der Waals surface area contributed by atoms with E-state index in [0.29, 0.717) is 23.9 Å². The van der Waals surface area contributed by atoms with Crippen LogP contribution < -0.4 is 5.32 Å². The third kappa shape index (κ3) is 4.56. The van der Waals surface area contributed by atoms with Crippen LogP contribution in [-0.4, -0.2) is 43.3 Å². The van der Waals surface area contributed by atoms with Crippen molar-refractivity contribution in [2.45, 2.75) is 32.4 Å². The molecule has 1 aliphatic heterocycles. The predicted octanol–water partition coefficient (Wildman–Crippen LogP) is 5.01. The fraction of sp³-hybridized carbons (Fsp3) is 0.273. The Balaban J connectivity index is 1.57. The van der Waals surface area contributed by atoms with Gasteiger partial charge in [-0.1, -0.05) is 35.3 Å². The van der Waals surface area contributed by atoms with Gasteiger partial charge in [0.1, 0.15) is 5.82 Å². The maximum Gasteiger partial charge on any atom is 0.335 e. The van der Waals surface area contributed by atoms with Crippen LogP contribution in [0.4, 0.5) is 10.5 Å². The highest BCUT2D eigenvalue weighted by Crippen LogP contribution is 2.33. The number of nitrogens with zero attached hydrogens (tertiary/aromatic N) is 4. The quantitative estimate of drug-likeness (QED) is 0.542. The second-order valence-corrected chi connectivity index (χ2v) is 8.44. The lowest BCUT2D eigenvalue weighted by Gasteiger charge is -2.25. The van der Waals surface area contributed by atoms with Crippen LogP contribution in [0.2, 0.25) is 10.0 Å². The zero-order valence-electron chi connectivity index (χ0n) is 17.3. The fourth-order valence-electron chi connectivity index (χ4n) is 3.83. The molecule has 8 nitrogen and oxygen atoms in total. The third-order valence-corrected chi connectivity index (χ3v) is 6.07. The van der Waals surface area contributed by atoms with Gasteiger partial charge in [0.05, 0.1) is 28.9 Å². The number of aromatic carboxylic acids is 1. The molecular weight excluding hydrogens is 453 g/mol. The molecule has 0 spiro atoms. The standard InChI is InChI=1S/C22H21Cl2N5O3/c1-13-26-27-20(29(13)12-14-4-7-16(23)8-5-14)19-3-2-10-28(19)22(32)25-18-11-15(21(30)31)6-9-17(18)24/h4-9,11,19H,2-3,10,12H2,1H3,(H,25,32)(H,30,31)/t19-/m1/s1. The molecule has 10 heteroatoms. The average molecular weight is 474 g/mol. The molecule has 166 valence electrons. The maximum absolute atomic E-state index is 13.1. The lowest BCUT2D eigenvalue weighted by Crippen LogP contribution is -2.35. The highest BCUT2D eigenvalue weighted by Gasteiger charge is 2.34. The molecule has 1 saturated heterocycles. The zero-order chi connectivity index (χ0) is 22.8. The first-order chi connectivity index (χ1) is 15.3. The normalized spacial score (nSPS) is 15.7. The Bertz CT molecular complexity index is 1160. The molecule has 0 aliphatic carbocycles. The second-order valence-electron chi connectivity index (χ2n) is 7.60. The van der Waals surface area contributed by atoms with Gasteiger partial charge in [0, 0.05) is 11.6 Å². The molecule has 0 saturated carbocycles. The fourth-order valence-corrected chi connectivity index (χ4v) is 4.12. The number of aryl methyl sites for hydroxylation is 1. The highest BCUT2D eigenvalue weighted by molar-refractivity contribution is 6.33. The minimum absolute atomic E-state index is 0.0426. The summed E-state index contributed by atoms with van der Waals surface area (Å²) in [5, 5.41) is 21.5. The topological polar surface area (TPSA) is 100 Å². The summed E-state index contributed by atoms with van der Waals surface area (Å²) in [6.45, 7) is 2.98. The molecule has 1 fully saturated rings. The van der Waals surface area contributed by atoms with E-state index >= 15 is 0 Å². The number of hydrogen-bond acceptors (Lipinski definition) is 4. The van der Waals surface area contributed by atoms with E-state index in [-0.39, 0.29) is 28.3 Å². The number of anilines is 1. The van der Waals surface area contributed by atoms with Gasteiger partial charge in [-0.3, -0.25) is 0 Å². The van der Waals surface area contributed by atoms with Crippen LogP contribution in [0, 0.1) is 6.92 Å². The number of halogens is 2. The van der Waals surface area contributed by atoms with Crippen LogP contribution >= 0.6 is 23.2 Å². The molecule has 2 aromatic carbocycles. The van der Waals surface area contributed by atoms with E-state index in [1.807, 2.05) is 35.8 Å². The molecule has 1 aromatic heterocycles. The van der Waals surface area contributed by atoms with E-state index < -0.39 is 5.97 Å². The van der Waals surface area contributed by atoms with Crippen molar-refractivity contribution >= 4 is 40.9 Å². The summed E-state index contributed by atoms with van der Waals surface area (Å²) < 4.78 is 2.00. The van der Waals surface area contributed by atoms with E-state index in [1.54, 1.807) is 4.90 Å². The van der Waals surface area contributed by atoms with Crippen LogP contribution in [0.15, 0.2) is 42.5 Å². The Morgan fingerprint density at radius 2 is 1.91 bits per heavy atom. The number of likely N-dealkylation sites (tertiary alicyclic amines) is 1. The summed E-state index contributed by atoms with van der Waals surface area (Å²) in [6.07, 6.45) is 1.56. The van der Waals surface area contributed by atoms with Crippen molar-refractivity contribution in [3.8, 4) is 0 Å². The molecule has 2 N–H and O–H groups in total. The second kappa shape index (κ2) is 9.18. The van der Waals surface area contributed by atoms with Gasteiger partial charge < -0.3 is 19.9 Å². The van der Waals surface area contributed by atoms with Gasteiger partial charge in [0.25, 0.3) is 0 Å². The summed E-state index contributed by atoms with van der Waals surface area (Å²) in [7, 11) is 0. The van der Waals surface area contributed by atoms with E-state index in [2.05, 4.69) is 15.5 Å². The van der Waals surface area contributed by atoms with Crippen molar-refractivity contribution in [1.82, 2.24) is 19.7 Å². The van der Waals surface area contributed by atoms with E-state index in [1.165, 1.54) is 18.2 Å². The number of carboxylic acid groups (broad SMARTS) is 1. The number of carbonyl (C=O) groups excluding carboxylic acids is 1. The van der Waals surface area contributed by atoms with E-state index in [0.717, 1.165) is 24.2 Å². The first kappa shape index (κ1) is 22.1. The van der Waals surface area contributed by atoms with Gasteiger partial charge >= 0.3 is 12.0 Å². The first-order valence-electron chi connectivity index (χ1n) is 10.1. The Morgan fingerprint density at radius 3 is 2.62 bits per heavy atom. The highest BCUT2D eigenvalue weighted by atomic mass is 35.5. The lowest BCUT2D eigenvalue weighted by molar-refractivity contribution is 0.0697. The number of carbonyl (C=O) groups is 2. The SMILES string of the molecule is Cc1nnc([C@H]2CCCN2C(=O)Nc2cc(C(=O)O)ccc2Cl)n1Cc1ccc(Cl)cc1. The predicted molar refractivity (Wildman–Crippen MR) is 121 cm³/mol. The smallest absolute Gasteiger partial charge is 0.335 e. The molecular formula is C22H21Cl2N5O3. The number of hydrogen-bond donors (Lipinski definition) is 2. The molecule has 1 atom stereocenters.